The molecule has 1 unspecified atom stereocenters. The molecule has 0 N–H and O–H groups in total. The van der Waals surface area contributed by atoms with E-state index in [9.17, 15) is 13.0 Å². The van der Waals surface area contributed by atoms with Gasteiger partial charge in [-0.25, -0.2) is 8.42 Å². The monoisotopic (exact) mass is 186 g/mol. The van der Waals surface area contributed by atoms with Crippen molar-refractivity contribution < 1.29 is 17.5 Å². The van der Waals surface area contributed by atoms with Gasteiger partial charge in [0.2, 0.25) is 8.03 Å². The molecule has 0 spiro atoms. The summed E-state index contributed by atoms with van der Waals surface area (Å²) in [6.07, 6.45) is 1.04. The number of hydrogen-bond acceptors (Lipinski definition) is 4. The highest BCUT2D eigenvalue weighted by Gasteiger charge is 2.07. The Bertz CT molecular complexity index is 207. The molecule has 0 aliphatic carbocycles. The van der Waals surface area contributed by atoms with Crippen LogP contribution in [0.4, 0.5) is 0 Å². The van der Waals surface area contributed by atoms with Crippen LogP contribution in [0.3, 0.4) is 0 Å². The highest BCUT2D eigenvalue weighted by atomic mass is 32.2. The van der Waals surface area contributed by atoms with E-state index >= 15 is 0 Å². The van der Waals surface area contributed by atoms with E-state index in [1.807, 2.05) is 0 Å². The molecule has 6 heteroatoms. The molecular formula is C4H11O4PS. The highest BCUT2D eigenvalue weighted by molar-refractivity contribution is 7.95. The van der Waals surface area contributed by atoms with Gasteiger partial charge in [0.1, 0.15) is 5.49 Å². The minimum absolute atomic E-state index is 0.299. The molecule has 0 bridgehead atoms. The lowest BCUT2D eigenvalue weighted by molar-refractivity contribution is 0.353. The van der Waals surface area contributed by atoms with Crippen molar-refractivity contribution in [1.29, 1.82) is 0 Å². The second kappa shape index (κ2) is 4.11. The van der Waals surface area contributed by atoms with E-state index in [0.717, 1.165) is 6.26 Å². The molecule has 0 aliphatic rings. The Labute approximate surface area is 61.4 Å². The van der Waals surface area contributed by atoms with Crippen molar-refractivity contribution in [3.8, 4) is 0 Å². The molecular weight excluding hydrogens is 175 g/mol. The molecule has 0 rings (SSSR count). The summed E-state index contributed by atoms with van der Waals surface area (Å²) < 4.78 is 36.2. The van der Waals surface area contributed by atoms with Gasteiger partial charge in [0, 0.05) is 6.26 Å². The van der Waals surface area contributed by atoms with Gasteiger partial charge in [0.05, 0.1) is 6.61 Å². The van der Waals surface area contributed by atoms with E-state index in [2.05, 4.69) is 4.52 Å². The molecule has 0 saturated carbocycles. The molecule has 0 amide bonds. The quantitative estimate of drug-likeness (QED) is 0.600. The third-order valence-electron chi connectivity index (χ3n) is 0.685. The maximum absolute atomic E-state index is 10.6. The third-order valence-corrected chi connectivity index (χ3v) is 4.34. The molecule has 0 saturated heterocycles. The fraction of sp³-hybridized carbons (Fsp3) is 1.00. The third kappa shape index (κ3) is 6.26. The van der Waals surface area contributed by atoms with Crippen LogP contribution in [0.1, 0.15) is 6.92 Å². The fourth-order valence-electron chi connectivity index (χ4n) is 0.417. The van der Waals surface area contributed by atoms with Crippen molar-refractivity contribution in [2.45, 2.75) is 6.92 Å². The van der Waals surface area contributed by atoms with Gasteiger partial charge in [0.15, 0.2) is 9.84 Å². The van der Waals surface area contributed by atoms with Crippen LogP contribution in [0.15, 0.2) is 0 Å². The summed E-state index contributed by atoms with van der Waals surface area (Å²) in [7, 11) is -5.47. The average molecular weight is 186 g/mol. The topological polar surface area (TPSA) is 60.4 Å². The van der Waals surface area contributed by atoms with Crippen LogP contribution in [0, 0.1) is 0 Å². The van der Waals surface area contributed by atoms with Crippen molar-refractivity contribution in [3.05, 3.63) is 0 Å². The zero-order chi connectivity index (χ0) is 8.20. The van der Waals surface area contributed by atoms with Gasteiger partial charge in [0.25, 0.3) is 0 Å². The molecule has 1 atom stereocenters. The van der Waals surface area contributed by atoms with Crippen LogP contribution >= 0.6 is 8.03 Å². The van der Waals surface area contributed by atoms with Gasteiger partial charge in [-0.1, -0.05) is 0 Å². The van der Waals surface area contributed by atoms with E-state index in [1.54, 1.807) is 6.92 Å². The van der Waals surface area contributed by atoms with Gasteiger partial charge in [-0.2, -0.15) is 0 Å². The molecule has 0 heterocycles. The zero-order valence-corrected chi connectivity index (χ0v) is 7.77. The second-order valence-corrected chi connectivity index (χ2v) is 5.91. The van der Waals surface area contributed by atoms with Crippen LogP contribution in [-0.2, 0) is 18.9 Å². The number of rotatable bonds is 4. The van der Waals surface area contributed by atoms with Crippen LogP contribution in [0.5, 0.6) is 0 Å². The average Bonchev–Trinajstić information content (AvgIpc) is 1.59. The molecule has 0 aromatic rings. The van der Waals surface area contributed by atoms with Crippen LogP contribution in [0.2, 0.25) is 0 Å². The number of hydrogen-bond donors (Lipinski definition) is 0. The SMILES string of the molecule is CCO[PH](=O)CS(C)(=O)=O. The van der Waals surface area contributed by atoms with Gasteiger partial charge in [-0.05, 0) is 6.92 Å². The van der Waals surface area contributed by atoms with E-state index in [0.29, 0.717) is 6.61 Å². The Morgan fingerprint density at radius 2 is 2.00 bits per heavy atom. The molecule has 0 aromatic heterocycles. The van der Waals surface area contributed by atoms with Crippen molar-refractivity contribution in [2.24, 2.45) is 0 Å². The van der Waals surface area contributed by atoms with Crippen LogP contribution < -0.4 is 0 Å². The molecule has 4 nitrogen and oxygen atoms in total. The smallest absolute Gasteiger partial charge is 0.206 e. The summed E-state index contributed by atoms with van der Waals surface area (Å²) in [6, 6.07) is 0. The van der Waals surface area contributed by atoms with Crippen LogP contribution in [-0.4, -0.2) is 26.8 Å². The Morgan fingerprint density at radius 1 is 1.50 bits per heavy atom. The summed E-state index contributed by atoms with van der Waals surface area (Å²) in [5.74, 6) is 0. The largest absolute Gasteiger partial charge is 0.330 e. The second-order valence-electron chi connectivity index (χ2n) is 1.88. The van der Waals surface area contributed by atoms with Gasteiger partial charge >= 0.3 is 0 Å². The summed E-state index contributed by atoms with van der Waals surface area (Å²) in [5, 5.41) is 0. The molecule has 10 heavy (non-hydrogen) atoms. The summed E-state index contributed by atoms with van der Waals surface area (Å²) in [5.41, 5.74) is -0.342. The lowest BCUT2D eigenvalue weighted by atomic mass is 10.9. The van der Waals surface area contributed by atoms with Crippen molar-refractivity contribution in [3.63, 3.8) is 0 Å². The number of sulfone groups is 1. The van der Waals surface area contributed by atoms with E-state index in [1.165, 1.54) is 0 Å². The van der Waals surface area contributed by atoms with Gasteiger partial charge in [-0.15, -0.1) is 0 Å². The first-order valence-corrected chi connectivity index (χ1v) is 6.37. The Hall–Kier alpha value is 0.140. The Kier molecular flexibility index (Phi) is 4.17. The molecule has 0 aliphatic heterocycles. The van der Waals surface area contributed by atoms with Crippen molar-refractivity contribution in [1.82, 2.24) is 0 Å². The Morgan fingerprint density at radius 3 is 2.30 bits per heavy atom. The van der Waals surface area contributed by atoms with Gasteiger partial charge in [-0.3, -0.25) is 4.57 Å². The van der Waals surface area contributed by atoms with Crippen LogP contribution in [0.25, 0.3) is 0 Å². The molecule has 62 valence electrons. The van der Waals surface area contributed by atoms with E-state index in [4.69, 9.17) is 0 Å². The van der Waals surface area contributed by atoms with E-state index in [-0.39, 0.29) is 5.49 Å². The van der Waals surface area contributed by atoms with Crippen molar-refractivity contribution in [2.75, 3.05) is 18.4 Å². The lowest BCUT2D eigenvalue weighted by Crippen LogP contribution is -1.99. The predicted molar refractivity (Wildman–Crippen MR) is 40.3 cm³/mol. The van der Waals surface area contributed by atoms with Gasteiger partial charge < -0.3 is 4.52 Å². The minimum Gasteiger partial charge on any atom is -0.330 e. The first-order valence-electron chi connectivity index (χ1n) is 2.79. The minimum atomic E-state index is -3.14. The summed E-state index contributed by atoms with van der Waals surface area (Å²) >= 11 is 0. The highest BCUT2D eigenvalue weighted by Crippen LogP contribution is 2.22. The molecule has 0 aromatic carbocycles. The maximum Gasteiger partial charge on any atom is 0.206 e. The lowest BCUT2D eigenvalue weighted by Gasteiger charge is -1.97. The first-order chi connectivity index (χ1) is 4.45. The van der Waals surface area contributed by atoms with E-state index < -0.39 is 17.9 Å². The standard InChI is InChI=1S/C4H11O4PS/c1-3-8-9(5)4-10(2,6)7/h9H,3-4H2,1-2H3. The molecule has 0 radical (unpaired) electrons. The zero-order valence-electron chi connectivity index (χ0n) is 5.96. The molecule has 0 fully saturated rings. The first kappa shape index (κ1) is 10.1. The Balaban J connectivity index is 3.82. The fourth-order valence-corrected chi connectivity index (χ4v) is 2.78. The normalized spacial score (nSPS) is 15.0. The summed E-state index contributed by atoms with van der Waals surface area (Å²) in [4.78, 5) is 0. The van der Waals surface area contributed by atoms with Crippen molar-refractivity contribution >= 4 is 17.9 Å². The summed E-state index contributed by atoms with van der Waals surface area (Å²) in [6.45, 7) is 1.97. The predicted octanol–water partition coefficient (Wildman–Crippen LogP) is 0.500. The maximum atomic E-state index is 10.6.